The van der Waals surface area contributed by atoms with Gasteiger partial charge in [0.2, 0.25) is 5.88 Å². The maximum Gasteiger partial charge on any atom is 0.225 e. The average Bonchev–Trinajstić information content (AvgIpc) is 2.95. The number of para-hydroxylation sites is 1. The summed E-state index contributed by atoms with van der Waals surface area (Å²) in [6.45, 7) is 5.03. The summed E-state index contributed by atoms with van der Waals surface area (Å²) in [5, 5.41) is 2.94. The average molecular weight is 300 g/mol. The number of hydrogen-bond acceptors (Lipinski definition) is 5. The molecular formula is C16H16N2O2S. The summed E-state index contributed by atoms with van der Waals surface area (Å²) in [7, 11) is 0. The van der Waals surface area contributed by atoms with E-state index in [1.165, 1.54) is 6.33 Å². The summed E-state index contributed by atoms with van der Waals surface area (Å²) in [6, 6.07) is 8.09. The van der Waals surface area contributed by atoms with Gasteiger partial charge in [0, 0.05) is 0 Å². The summed E-state index contributed by atoms with van der Waals surface area (Å²) >= 11 is 1.58. The zero-order valence-electron chi connectivity index (χ0n) is 12.0. The lowest BCUT2D eigenvalue weighted by Gasteiger charge is -2.12. The Kier molecular flexibility index (Phi) is 4.01. The van der Waals surface area contributed by atoms with Gasteiger partial charge in [-0.05, 0) is 36.4 Å². The van der Waals surface area contributed by atoms with E-state index < -0.39 is 0 Å². The summed E-state index contributed by atoms with van der Waals surface area (Å²) in [6.07, 6.45) is 1.53. The van der Waals surface area contributed by atoms with Crippen molar-refractivity contribution in [2.24, 2.45) is 0 Å². The molecule has 3 aromatic rings. The Morgan fingerprint density at radius 3 is 2.57 bits per heavy atom. The zero-order valence-corrected chi connectivity index (χ0v) is 12.8. The minimum absolute atomic E-state index is 0.454. The maximum absolute atomic E-state index is 5.82. The van der Waals surface area contributed by atoms with Crippen molar-refractivity contribution in [1.82, 2.24) is 9.97 Å². The first kappa shape index (κ1) is 13.8. The van der Waals surface area contributed by atoms with Crippen molar-refractivity contribution >= 4 is 21.6 Å². The van der Waals surface area contributed by atoms with E-state index in [2.05, 4.69) is 9.97 Å². The fourth-order valence-corrected chi connectivity index (χ4v) is 2.91. The fraction of sp³-hybridized carbons (Fsp3) is 0.250. The third kappa shape index (κ3) is 2.97. The molecule has 0 saturated heterocycles. The smallest absolute Gasteiger partial charge is 0.225 e. The number of aryl methyl sites for hydroxylation is 2. The maximum atomic E-state index is 5.82. The molecule has 0 radical (unpaired) electrons. The molecule has 0 unspecified atom stereocenters. The van der Waals surface area contributed by atoms with Crippen molar-refractivity contribution < 1.29 is 9.47 Å². The van der Waals surface area contributed by atoms with E-state index in [1.54, 1.807) is 11.3 Å². The minimum atomic E-state index is 0.454. The lowest BCUT2D eigenvalue weighted by Crippen LogP contribution is -2.11. The fourth-order valence-electron chi connectivity index (χ4n) is 2.19. The van der Waals surface area contributed by atoms with E-state index >= 15 is 0 Å². The molecule has 0 fully saturated rings. The Morgan fingerprint density at radius 2 is 1.76 bits per heavy atom. The quantitative estimate of drug-likeness (QED) is 0.673. The predicted octanol–water partition coefficient (Wildman–Crippen LogP) is 3.77. The van der Waals surface area contributed by atoms with Crippen molar-refractivity contribution in [2.75, 3.05) is 13.2 Å². The molecule has 2 heterocycles. The lowest BCUT2D eigenvalue weighted by atomic mass is 10.1. The number of thiophene rings is 1. The highest BCUT2D eigenvalue weighted by atomic mass is 32.1. The molecule has 0 amide bonds. The van der Waals surface area contributed by atoms with Crippen LogP contribution in [0.5, 0.6) is 11.6 Å². The molecular weight excluding hydrogens is 284 g/mol. The van der Waals surface area contributed by atoms with E-state index in [1.807, 2.05) is 43.5 Å². The monoisotopic (exact) mass is 300 g/mol. The van der Waals surface area contributed by atoms with Crippen LogP contribution in [0.4, 0.5) is 0 Å². The highest BCUT2D eigenvalue weighted by Crippen LogP contribution is 2.25. The number of fused-ring (bicyclic) bond motifs is 1. The van der Waals surface area contributed by atoms with Crippen molar-refractivity contribution in [1.29, 1.82) is 0 Å². The standard InChI is InChI=1S/C16H16N2O2S/c1-11-4-3-5-12(2)14(11)19-7-8-20-15-13-6-9-21-16(13)18-10-17-15/h3-6,9-10H,7-8H2,1-2H3. The Labute approximate surface area is 127 Å². The molecule has 0 spiro atoms. The first-order valence-corrected chi connectivity index (χ1v) is 7.63. The van der Waals surface area contributed by atoms with Gasteiger partial charge in [-0.25, -0.2) is 9.97 Å². The molecule has 0 atom stereocenters. The molecule has 0 bridgehead atoms. The molecule has 2 aromatic heterocycles. The Bertz CT molecular complexity index is 735. The van der Waals surface area contributed by atoms with Gasteiger partial charge in [0.1, 0.15) is 30.1 Å². The van der Waals surface area contributed by atoms with Crippen LogP contribution in [0.25, 0.3) is 10.2 Å². The number of ether oxygens (including phenoxy) is 2. The van der Waals surface area contributed by atoms with Gasteiger partial charge >= 0.3 is 0 Å². The Morgan fingerprint density at radius 1 is 1.00 bits per heavy atom. The molecule has 21 heavy (non-hydrogen) atoms. The predicted molar refractivity (Wildman–Crippen MR) is 84.3 cm³/mol. The number of hydrogen-bond donors (Lipinski definition) is 0. The molecule has 0 aliphatic heterocycles. The molecule has 108 valence electrons. The molecule has 0 N–H and O–H groups in total. The van der Waals surface area contributed by atoms with Crippen molar-refractivity contribution in [3.8, 4) is 11.6 Å². The molecule has 0 saturated carbocycles. The Hall–Kier alpha value is -2.14. The second-order valence-corrected chi connectivity index (χ2v) is 5.63. The van der Waals surface area contributed by atoms with Crippen molar-refractivity contribution in [3.63, 3.8) is 0 Å². The van der Waals surface area contributed by atoms with E-state index in [-0.39, 0.29) is 0 Å². The van der Waals surface area contributed by atoms with Crippen molar-refractivity contribution in [3.05, 3.63) is 47.1 Å². The van der Waals surface area contributed by atoms with Crippen LogP contribution >= 0.6 is 11.3 Å². The van der Waals surface area contributed by atoms with Crippen LogP contribution in [0.1, 0.15) is 11.1 Å². The topological polar surface area (TPSA) is 44.2 Å². The molecule has 5 heteroatoms. The normalized spacial score (nSPS) is 10.8. The zero-order chi connectivity index (χ0) is 14.7. The number of rotatable bonds is 5. The summed E-state index contributed by atoms with van der Waals surface area (Å²) < 4.78 is 11.5. The lowest BCUT2D eigenvalue weighted by molar-refractivity contribution is 0.212. The number of aromatic nitrogens is 2. The van der Waals surface area contributed by atoms with Gasteiger partial charge in [-0.15, -0.1) is 11.3 Å². The van der Waals surface area contributed by atoms with Gasteiger partial charge in [0.25, 0.3) is 0 Å². The van der Waals surface area contributed by atoms with Gasteiger partial charge in [-0.1, -0.05) is 18.2 Å². The van der Waals surface area contributed by atoms with Crippen LogP contribution in [-0.2, 0) is 0 Å². The highest BCUT2D eigenvalue weighted by molar-refractivity contribution is 7.16. The second kappa shape index (κ2) is 6.10. The SMILES string of the molecule is Cc1cccc(C)c1OCCOc1ncnc2sccc12. The number of benzene rings is 1. The molecule has 1 aromatic carbocycles. The summed E-state index contributed by atoms with van der Waals surface area (Å²) in [5.74, 6) is 1.55. The van der Waals surface area contributed by atoms with Gasteiger partial charge < -0.3 is 9.47 Å². The van der Waals surface area contributed by atoms with Gasteiger partial charge in [-0.3, -0.25) is 0 Å². The second-order valence-electron chi connectivity index (χ2n) is 4.74. The molecule has 0 aliphatic carbocycles. The summed E-state index contributed by atoms with van der Waals surface area (Å²) in [5.41, 5.74) is 2.27. The van der Waals surface area contributed by atoms with Crippen LogP contribution in [0.3, 0.4) is 0 Å². The van der Waals surface area contributed by atoms with Crippen LogP contribution < -0.4 is 9.47 Å². The van der Waals surface area contributed by atoms with E-state index in [0.717, 1.165) is 27.1 Å². The van der Waals surface area contributed by atoms with Crippen LogP contribution in [0.15, 0.2) is 36.0 Å². The highest BCUT2D eigenvalue weighted by Gasteiger charge is 2.06. The first-order valence-electron chi connectivity index (χ1n) is 6.76. The molecule has 4 nitrogen and oxygen atoms in total. The molecule has 0 aliphatic rings. The third-order valence-corrected chi connectivity index (χ3v) is 4.02. The van der Waals surface area contributed by atoms with Crippen LogP contribution in [0.2, 0.25) is 0 Å². The summed E-state index contributed by atoms with van der Waals surface area (Å²) in [4.78, 5) is 9.31. The molecule has 3 rings (SSSR count). The first-order chi connectivity index (χ1) is 10.3. The number of nitrogens with zero attached hydrogens (tertiary/aromatic N) is 2. The Balaban J connectivity index is 1.61. The van der Waals surface area contributed by atoms with Crippen LogP contribution in [0, 0.1) is 13.8 Å². The minimum Gasteiger partial charge on any atom is -0.489 e. The van der Waals surface area contributed by atoms with E-state index in [0.29, 0.717) is 19.1 Å². The third-order valence-electron chi connectivity index (χ3n) is 3.20. The van der Waals surface area contributed by atoms with E-state index in [4.69, 9.17) is 9.47 Å². The van der Waals surface area contributed by atoms with E-state index in [9.17, 15) is 0 Å². The van der Waals surface area contributed by atoms with Gasteiger partial charge in [0.15, 0.2) is 0 Å². The van der Waals surface area contributed by atoms with Crippen molar-refractivity contribution in [2.45, 2.75) is 13.8 Å². The van der Waals surface area contributed by atoms with Gasteiger partial charge in [0.05, 0.1) is 5.39 Å². The van der Waals surface area contributed by atoms with Crippen LogP contribution in [-0.4, -0.2) is 23.2 Å². The largest absolute Gasteiger partial charge is 0.489 e. The van der Waals surface area contributed by atoms with Gasteiger partial charge in [-0.2, -0.15) is 0 Å².